The lowest BCUT2D eigenvalue weighted by Crippen LogP contribution is -2.40. The number of urea groups is 1. The highest BCUT2D eigenvalue weighted by Gasteiger charge is 2.18. The molecule has 26 heavy (non-hydrogen) atoms. The van der Waals surface area contributed by atoms with Crippen molar-refractivity contribution in [1.82, 2.24) is 20.0 Å². The van der Waals surface area contributed by atoms with Gasteiger partial charge in [0.15, 0.2) is 0 Å². The number of nitrogens with one attached hydrogen (secondary N) is 1. The molecule has 0 atom stereocenters. The average Bonchev–Trinajstić information content (AvgIpc) is 3.15. The van der Waals surface area contributed by atoms with Crippen molar-refractivity contribution in [2.75, 3.05) is 33.9 Å². The first kappa shape index (κ1) is 18.3. The number of hydrogen-bond acceptors (Lipinski definition) is 4. The second-order valence-corrected chi connectivity index (χ2v) is 6.56. The van der Waals surface area contributed by atoms with E-state index in [0.29, 0.717) is 12.5 Å². The number of para-hydroxylation sites is 2. The summed E-state index contributed by atoms with van der Waals surface area (Å²) in [5, 5.41) is 7.32. The van der Waals surface area contributed by atoms with Crippen LogP contribution in [-0.4, -0.2) is 54.6 Å². The van der Waals surface area contributed by atoms with Gasteiger partial charge in [-0.2, -0.15) is 5.10 Å². The normalized spacial score (nSPS) is 14.8. The molecule has 3 rings (SSSR count). The van der Waals surface area contributed by atoms with Gasteiger partial charge in [0.05, 0.1) is 13.3 Å². The molecule has 7 heteroatoms. The minimum absolute atomic E-state index is 0.0680. The fourth-order valence-corrected chi connectivity index (χ4v) is 3.11. The maximum absolute atomic E-state index is 12.3. The van der Waals surface area contributed by atoms with Crippen LogP contribution < -0.4 is 10.1 Å². The minimum atomic E-state index is -0.0680. The van der Waals surface area contributed by atoms with Crippen molar-refractivity contribution in [2.24, 2.45) is 5.92 Å². The largest absolute Gasteiger partial charge is 0.494 e. The second-order valence-electron chi connectivity index (χ2n) is 6.56. The quantitative estimate of drug-likeness (QED) is 0.861. The van der Waals surface area contributed by atoms with Crippen LogP contribution in [0, 0.1) is 5.92 Å². The lowest BCUT2D eigenvalue weighted by Gasteiger charge is -2.27. The number of nitrogens with zero attached hydrogens (tertiary/aromatic N) is 3. The molecule has 2 heterocycles. The van der Waals surface area contributed by atoms with Crippen LogP contribution in [0.1, 0.15) is 18.4 Å². The van der Waals surface area contributed by atoms with Gasteiger partial charge in [-0.25, -0.2) is 9.48 Å². The summed E-state index contributed by atoms with van der Waals surface area (Å²) in [5.41, 5.74) is 1.80. The Morgan fingerprint density at radius 3 is 2.92 bits per heavy atom. The molecule has 0 bridgehead atoms. The standard InChI is InChI=1S/C19H26N4O3/c1-22(13-15-7-9-26-10-8-15)19(24)20-11-16-12-21-23(14-16)17-5-3-4-6-18(17)25-2/h3-6,12,14-15H,7-11,13H2,1-2H3,(H,20,24). The van der Waals surface area contributed by atoms with Crippen molar-refractivity contribution in [3.63, 3.8) is 0 Å². The monoisotopic (exact) mass is 358 g/mol. The van der Waals surface area contributed by atoms with E-state index >= 15 is 0 Å². The highest BCUT2D eigenvalue weighted by atomic mass is 16.5. The third kappa shape index (κ3) is 4.54. The van der Waals surface area contributed by atoms with Gasteiger partial charge in [-0.3, -0.25) is 0 Å². The number of benzene rings is 1. The van der Waals surface area contributed by atoms with Crippen molar-refractivity contribution < 1.29 is 14.3 Å². The van der Waals surface area contributed by atoms with Crippen molar-refractivity contribution in [2.45, 2.75) is 19.4 Å². The minimum Gasteiger partial charge on any atom is -0.494 e. The van der Waals surface area contributed by atoms with Gasteiger partial charge in [-0.05, 0) is 30.9 Å². The number of carbonyl (C=O) groups is 1. The Morgan fingerprint density at radius 2 is 2.15 bits per heavy atom. The van der Waals surface area contributed by atoms with Crippen LogP contribution in [0.2, 0.25) is 0 Å². The molecule has 0 saturated carbocycles. The Hall–Kier alpha value is -2.54. The Kier molecular flexibility index (Phi) is 6.12. The van der Waals surface area contributed by atoms with E-state index in [2.05, 4.69) is 10.4 Å². The maximum atomic E-state index is 12.3. The molecule has 1 fully saturated rings. The molecule has 0 spiro atoms. The smallest absolute Gasteiger partial charge is 0.317 e. The Bertz CT molecular complexity index is 725. The molecule has 1 saturated heterocycles. The summed E-state index contributed by atoms with van der Waals surface area (Å²) in [6, 6.07) is 7.62. The molecule has 1 aliphatic heterocycles. The highest BCUT2D eigenvalue weighted by Crippen LogP contribution is 2.21. The third-order valence-corrected chi connectivity index (χ3v) is 4.63. The first-order chi connectivity index (χ1) is 12.7. The molecule has 1 aromatic heterocycles. The number of aromatic nitrogens is 2. The average molecular weight is 358 g/mol. The molecular formula is C19H26N4O3. The van der Waals surface area contributed by atoms with Crippen LogP contribution in [-0.2, 0) is 11.3 Å². The Balaban J connectivity index is 1.53. The molecule has 1 aliphatic rings. The van der Waals surface area contributed by atoms with Crippen LogP contribution in [0.4, 0.5) is 4.79 Å². The van der Waals surface area contributed by atoms with E-state index in [1.807, 2.05) is 37.5 Å². The summed E-state index contributed by atoms with van der Waals surface area (Å²) in [4.78, 5) is 14.1. The van der Waals surface area contributed by atoms with Gasteiger partial charge >= 0.3 is 6.03 Å². The number of amides is 2. The molecule has 0 radical (unpaired) electrons. The summed E-state index contributed by atoms with van der Waals surface area (Å²) in [7, 11) is 3.47. The second kappa shape index (κ2) is 8.71. The van der Waals surface area contributed by atoms with E-state index < -0.39 is 0 Å². The zero-order valence-electron chi connectivity index (χ0n) is 15.4. The zero-order chi connectivity index (χ0) is 18.4. The van der Waals surface area contributed by atoms with Gasteiger partial charge in [0.1, 0.15) is 11.4 Å². The van der Waals surface area contributed by atoms with Gasteiger partial charge in [-0.15, -0.1) is 0 Å². The molecule has 0 aliphatic carbocycles. The number of hydrogen-bond donors (Lipinski definition) is 1. The summed E-state index contributed by atoms with van der Waals surface area (Å²) >= 11 is 0. The topological polar surface area (TPSA) is 68.6 Å². The van der Waals surface area contributed by atoms with Crippen LogP contribution in [0.25, 0.3) is 5.69 Å². The van der Waals surface area contributed by atoms with Crippen LogP contribution in [0.3, 0.4) is 0 Å². The van der Waals surface area contributed by atoms with E-state index in [1.54, 1.807) is 22.9 Å². The predicted octanol–water partition coefficient (Wildman–Crippen LogP) is 2.45. The third-order valence-electron chi connectivity index (χ3n) is 4.63. The Morgan fingerprint density at radius 1 is 1.38 bits per heavy atom. The lowest BCUT2D eigenvalue weighted by atomic mass is 10.0. The summed E-state index contributed by atoms with van der Waals surface area (Å²) in [6.45, 7) is 2.78. The van der Waals surface area contributed by atoms with Gasteiger partial charge in [0.25, 0.3) is 0 Å². The fourth-order valence-electron chi connectivity index (χ4n) is 3.11. The van der Waals surface area contributed by atoms with Gasteiger partial charge in [0, 0.05) is 45.1 Å². The predicted molar refractivity (Wildman–Crippen MR) is 98.5 cm³/mol. The van der Waals surface area contributed by atoms with Gasteiger partial charge in [-0.1, -0.05) is 12.1 Å². The summed E-state index contributed by atoms with van der Waals surface area (Å²) < 4.78 is 12.5. The van der Waals surface area contributed by atoms with Crippen LogP contribution >= 0.6 is 0 Å². The summed E-state index contributed by atoms with van der Waals surface area (Å²) in [6.07, 6.45) is 5.69. The van der Waals surface area contributed by atoms with Gasteiger partial charge < -0.3 is 19.7 Å². The number of carbonyl (C=O) groups excluding carboxylic acids is 1. The first-order valence-electron chi connectivity index (χ1n) is 8.91. The maximum Gasteiger partial charge on any atom is 0.317 e. The van der Waals surface area contributed by atoms with E-state index in [4.69, 9.17) is 9.47 Å². The van der Waals surface area contributed by atoms with Crippen molar-refractivity contribution in [1.29, 1.82) is 0 Å². The molecule has 0 unspecified atom stereocenters. The zero-order valence-corrected chi connectivity index (χ0v) is 15.4. The molecular weight excluding hydrogens is 332 g/mol. The molecule has 7 nitrogen and oxygen atoms in total. The SMILES string of the molecule is COc1ccccc1-n1cc(CNC(=O)N(C)CC2CCOCC2)cn1. The van der Waals surface area contributed by atoms with Crippen LogP contribution in [0.15, 0.2) is 36.7 Å². The lowest BCUT2D eigenvalue weighted by molar-refractivity contribution is 0.0586. The molecule has 1 aromatic carbocycles. The molecule has 2 amide bonds. The highest BCUT2D eigenvalue weighted by molar-refractivity contribution is 5.73. The first-order valence-corrected chi connectivity index (χ1v) is 8.91. The Labute approximate surface area is 153 Å². The number of methoxy groups -OCH3 is 1. The van der Waals surface area contributed by atoms with Crippen molar-refractivity contribution in [3.8, 4) is 11.4 Å². The van der Waals surface area contributed by atoms with Crippen molar-refractivity contribution >= 4 is 6.03 Å². The van der Waals surface area contributed by atoms with Gasteiger partial charge in [0.2, 0.25) is 0 Å². The van der Waals surface area contributed by atoms with E-state index in [-0.39, 0.29) is 6.03 Å². The van der Waals surface area contributed by atoms with Crippen LogP contribution in [0.5, 0.6) is 5.75 Å². The van der Waals surface area contributed by atoms with E-state index in [0.717, 1.165) is 49.6 Å². The fraction of sp³-hybridized carbons (Fsp3) is 0.474. The number of ether oxygens (including phenoxy) is 2. The molecule has 140 valence electrons. The molecule has 1 N–H and O–H groups in total. The molecule has 2 aromatic rings. The van der Waals surface area contributed by atoms with E-state index in [1.165, 1.54) is 0 Å². The number of rotatable bonds is 6. The van der Waals surface area contributed by atoms with Crippen molar-refractivity contribution in [3.05, 3.63) is 42.2 Å². The van der Waals surface area contributed by atoms with E-state index in [9.17, 15) is 4.79 Å². The summed E-state index contributed by atoms with van der Waals surface area (Å²) in [5.74, 6) is 1.27.